The van der Waals surface area contributed by atoms with E-state index in [9.17, 15) is 0 Å². The Hall–Kier alpha value is -5.30. The van der Waals surface area contributed by atoms with Gasteiger partial charge in [0, 0.05) is 64.1 Å². The quantitative estimate of drug-likeness (QED) is 0.118. The summed E-state index contributed by atoms with van der Waals surface area (Å²) >= 11 is 0. The predicted octanol–water partition coefficient (Wildman–Crippen LogP) is 7.84. The first kappa shape index (κ1) is 30.7. The molecular formula is C40H38N6. The maximum absolute atomic E-state index is 4.57. The van der Waals surface area contributed by atoms with Crippen LogP contribution < -0.4 is 0 Å². The fraction of sp³-hybridized carbons (Fsp3) is 0.150. The van der Waals surface area contributed by atoms with Crippen LogP contribution in [0.5, 0.6) is 0 Å². The Morgan fingerprint density at radius 2 is 0.717 bits per heavy atom. The molecule has 0 atom stereocenters. The average Bonchev–Trinajstić information content (AvgIpc) is 3.09. The van der Waals surface area contributed by atoms with Gasteiger partial charge in [0.2, 0.25) is 0 Å². The molecule has 6 aromatic rings. The molecule has 2 aromatic carbocycles. The maximum atomic E-state index is 4.57. The van der Waals surface area contributed by atoms with Gasteiger partial charge in [-0.05, 0) is 70.8 Å². The lowest BCUT2D eigenvalue weighted by Gasteiger charge is -2.22. The van der Waals surface area contributed by atoms with Crippen molar-refractivity contribution in [1.29, 1.82) is 0 Å². The fourth-order valence-electron chi connectivity index (χ4n) is 5.52. The van der Waals surface area contributed by atoms with Crippen LogP contribution in [0.4, 0.5) is 0 Å². The molecule has 6 heteroatoms. The molecule has 0 fully saturated rings. The van der Waals surface area contributed by atoms with Crippen LogP contribution in [0, 0.1) is 0 Å². The van der Waals surface area contributed by atoms with E-state index in [4.69, 9.17) is 0 Å². The molecule has 0 saturated heterocycles. The highest BCUT2D eigenvalue weighted by molar-refractivity contribution is 5.70. The zero-order chi connectivity index (χ0) is 31.2. The minimum absolute atomic E-state index is 0.752. The first-order valence-electron chi connectivity index (χ1n) is 15.7. The van der Waals surface area contributed by atoms with Gasteiger partial charge in [-0.2, -0.15) is 0 Å². The molecule has 0 amide bonds. The zero-order valence-corrected chi connectivity index (χ0v) is 25.9. The van der Waals surface area contributed by atoms with Crippen molar-refractivity contribution in [3.63, 3.8) is 0 Å². The maximum Gasteiger partial charge on any atom is 0.0544 e. The Labute approximate surface area is 271 Å². The Morgan fingerprint density at radius 3 is 1.02 bits per heavy atom. The molecule has 0 unspecified atom stereocenters. The summed E-state index contributed by atoms with van der Waals surface area (Å²) in [5.41, 5.74) is 9.04. The van der Waals surface area contributed by atoms with Crippen molar-refractivity contribution in [3.05, 3.63) is 191 Å². The van der Waals surface area contributed by atoms with Gasteiger partial charge < -0.3 is 0 Å². The van der Waals surface area contributed by atoms with Gasteiger partial charge in [0.1, 0.15) is 0 Å². The Bertz CT molecular complexity index is 1580. The fourth-order valence-corrected chi connectivity index (χ4v) is 5.52. The van der Waals surface area contributed by atoms with Crippen LogP contribution in [0.2, 0.25) is 0 Å². The van der Waals surface area contributed by atoms with Crippen molar-refractivity contribution >= 4 is 12.2 Å². The molecule has 46 heavy (non-hydrogen) atoms. The lowest BCUT2D eigenvalue weighted by molar-refractivity contribution is 0.241. The van der Waals surface area contributed by atoms with Gasteiger partial charge in [0.25, 0.3) is 0 Å². The summed E-state index contributed by atoms with van der Waals surface area (Å²) in [5, 5.41) is 0. The van der Waals surface area contributed by atoms with Crippen LogP contribution in [0.25, 0.3) is 12.2 Å². The second-order valence-corrected chi connectivity index (χ2v) is 11.4. The van der Waals surface area contributed by atoms with Crippen molar-refractivity contribution < 1.29 is 0 Å². The number of benzene rings is 2. The lowest BCUT2D eigenvalue weighted by atomic mass is 10.1. The second kappa shape index (κ2) is 16.1. The molecule has 0 spiro atoms. The van der Waals surface area contributed by atoms with E-state index in [1.807, 2.05) is 73.3 Å². The third-order valence-electron chi connectivity index (χ3n) is 7.63. The Balaban J connectivity index is 1.14. The number of hydrogen-bond donors (Lipinski definition) is 0. The molecule has 0 saturated carbocycles. The van der Waals surface area contributed by atoms with Crippen LogP contribution >= 0.6 is 0 Å². The van der Waals surface area contributed by atoms with Crippen molar-refractivity contribution in [2.24, 2.45) is 0 Å². The monoisotopic (exact) mass is 602 g/mol. The summed E-state index contributed by atoms with van der Waals surface area (Å²) in [4.78, 5) is 23.0. The van der Waals surface area contributed by atoms with E-state index in [1.54, 1.807) is 0 Å². The summed E-state index contributed by atoms with van der Waals surface area (Å²) in [7, 11) is 0. The van der Waals surface area contributed by atoms with Gasteiger partial charge in [-0.15, -0.1) is 0 Å². The summed E-state index contributed by atoms with van der Waals surface area (Å²) in [5.74, 6) is 0. The van der Waals surface area contributed by atoms with E-state index in [0.717, 1.165) is 62.0 Å². The topological polar surface area (TPSA) is 58.0 Å². The molecule has 0 radical (unpaired) electrons. The first-order chi connectivity index (χ1) is 22.7. The van der Waals surface area contributed by atoms with Crippen molar-refractivity contribution in [2.75, 3.05) is 0 Å². The third-order valence-corrected chi connectivity index (χ3v) is 7.63. The van der Waals surface area contributed by atoms with Gasteiger partial charge in [-0.25, -0.2) is 0 Å². The molecule has 0 aliphatic rings. The smallest absolute Gasteiger partial charge is 0.0544 e. The molecule has 228 valence electrons. The second-order valence-electron chi connectivity index (χ2n) is 11.4. The van der Waals surface area contributed by atoms with Gasteiger partial charge in [-0.3, -0.25) is 29.7 Å². The van der Waals surface area contributed by atoms with Crippen LogP contribution in [-0.4, -0.2) is 29.7 Å². The van der Waals surface area contributed by atoms with E-state index >= 15 is 0 Å². The lowest BCUT2D eigenvalue weighted by Crippen LogP contribution is -2.23. The normalized spacial score (nSPS) is 11.4. The third kappa shape index (κ3) is 9.60. The van der Waals surface area contributed by atoms with E-state index in [-0.39, 0.29) is 0 Å². The molecule has 0 N–H and O–H groups in total. The van der Waals surface area contributed by atoms with E-state index in [2.05, 4.69) is 115 Å². The van der Waals surface area contributed by atoms with Crippen LogP contribution in [0.3, 0.4) is 0 Å². The summed E-state index contributed by atoms with van der Waals surface area (Å²) in [6, 6.07) is 41.8. The molecule has 4 aromatic heterocycles. The van der Waals surface area contributed by atoms with Gasteiger partial charge in [0.05, 0.1) is 22.8 Å². The van der Waals surface area contributed by atoms with E-state index < -0.39 is 0 Å². The van der Waals surface area contributed by atoms with Crippen LogP contribution in [-0.2, 0) is 39.3 Å². The van der Waals surface area contributed by atoms with Crippen LogP contribution in [0.15, 0.2) is 146 Å². The number of nitrogens with zero attached hydrogens (tertiary/aromatic N) is 6. The number of aromatic nitrogens is 4. The Kier molecular flexibility index (Phi) is 10.8. The number of hydrogen-bond acceptors (Lipinski definition) is 6. The average molecular weight is 603 g/mol. The number of rotatable bonds is 14. The van der Waals surface area contributed by atoms with E-state index in [1.165, 1.54) is 22.3 Å². The summed E-state index contributed by atoms with van der Waals surface area (Å²) < 4.78 is 0. The highest BCUT2D eigenvalue weighted by atomic mass is 15.1. The zero-order valence-electron chi connectivity index (χ0n) is 25.9. The molecule has 0 bridgehead atoms. The van der Waals surface area contributed by atoms with Crippen molar-refractivity contribution in [3.8, 4) is 0 Å². The SMILES string of the molecule is C(=C\c1cccc(CN(Cc2ccccn2)Cc2ccccn2)c1)/c1cccc(CN(Cc2ccccn2)Cc2ccccn2)c1. The minimum Gasteiger partial charge on any atom is -0.287 e. The first-order valence-corrected chi connectivity index (χ1v) is 15.7. The standard InChI is InChI=1S/C40H38N6/c1-5-21-41-37(15-1)29-45(30-38-16-2-6-22-42-38)27-35-13-9-11-33(25-35)19-20-34-12-10-14-36(26-34)28-46(31-39-17-3-7-23-43-39)32-40-18-4-8-24-44-40/h1-26H,27-32H2/b20-19+. The van der Waals surface area contributed by atoms with Crippen molar-refractivity contribution in [1.82, 2.24) is 29.7 Å². The van der Waals surface area contributed by atoms with Crippen molar-refractivity contribution in [2.45, 2.75) is 39.3 Å². The summed E-state index contributed by atoms with van der Waals surface area (Å²) in [6.07, 6.45) is 11.8. The van der Waals surface area contributed by atoms with Gasteiger partial charge in [0.15, 0.2) is 0 Å². The van der Waals surface area contributed by atoms with Crippen LogP contribution in [0.1, 0.15) is 45.0 Å². The minimum atomic E-state index is 0.752. The highest BCUT2D eigenvalue weighted by Crippen LogP contribution is 2.18. The van der Waals surface area contributed by atoms with Gasteiger partial charge >= 0.3 is 0 Å². The Morgan fingerprint density at radius 1 is 0.370 bits per heavy atom. The summed E-state index contributed by atoms with van der Waals surface area (Å²) in [6.45, 7) is 4.60. The molecule has 4 heterocycles. The molecule has 6 rings (SSSR count). The predicted molar refractivity (Wildman–Crippen MR) is 185 cm³/mol. The highest BCUT2D eigenvalue weighted by Gasteiger charge is 2.12. The number of pyridine rings is 4. The largest absolute Gasteiger partial charge is 0.287 e. The molecular weight excluding hydrogens is 564 g/mol. The van der Waals surface area contributed by atoms with Gasteiger partial charge in [-0.1, -0.05) is 84.9 Å². The molecule has 0 aliphatic heterocycles. The molecule has 6 nitrogen and oxygen atoms in total. The van der Waals surface area contributed by atoms with E-state index in [0.29, 0.717) is 0 Å². The molecule has 0 aliphatic carbocycles.